The number of nitrogens with zero attached hydrogens (tertiary/aromatic N) is 2. The largest absolute Gasteiger partial charge is 0.309 e. The Labute approximate surface area is 308 Å². The first kappa shape index (κ1) is 30.0. The van der Waals surface area contributed by atoms with E-state index >= 15 is 0 Å². The van der Waals surface area contributed by atoms with E-state index in [-0.39, 0.29) is 0 Å². The van der Waals surface area contributed by atoms with E-state index in [4.69, 9.17) is 0 Å². The van der Waals surface area contributed by atoms with E-state index in [2.05, 4.69) is 203 Å². The van der Waals surface area contributed by atoms with Gasteiger partial charge in [-0.05, 0) is 94.8 Å². The van der Waals surface area contributed by atoms with E-state index < -0.39 is 5.41 Å². The average molecular weight is 677 g/mol. The maximum absolute atomic E-state index is 2.41. The number of benzene rings is 8. The summed E-state index contributed by atoms with van der Waals surface area (Å²) in [6.07, 6.45) is 2.02. The van der Waals surface area contributed by atoms with Gasteiger partial charge in [-0.15, -0.1) is 0 Å². The second kappa shape index (κ2) is 11.7. The van der Waals surface area contributed by atoms with Crippen molar-refractivity contribution in [2.24, 2.45) is 0 Å². The topological polar surface area (TPSA) is 9.86 Å². The van der Waals surface area contributed by atoms with Crippen molar-refractivity contribution in [2.75, 3.05) is 0 Å². The summed E-state index contributed by atoms with van der Waals surface area (Å²) in [5.74, 6) is 0. The molecule has 2 heterocycles. The summed E-state index contributed by atoms with van der Waals surface area (Å²) < 4.78 is 4.83. The van der Waals surface area contributed by atoms with Crippen LogP contribution in [-0.2, 0) is 18.3 Å². The molecule has 2 aromatic heterocycles. The molecule has 11 rings (SSSR count). The molecule has 0 atom stereocenters. The fourth-order valence-corrected chi connectivity index (χ4v) is 9.53. The highest BCUT2D eigenvalue weighted by atomic mass is 15.0. The molecule has 2 heteroatoms. The van der Waals surface area contributed by atoms with Gasteiger partial charge >= 0.3 is 0 Å². The third kappa shape index (κ3) is 4.33. The van der Waals surface area contributed by atoms with E-state index in [1.807, 2.05) is 0 Å². The third-order valence-electron chi connectivity index (χ3n) is 11.8. The van der Waals surface area contributed by atoms with Gasteiger partial charge in [-0.2, -0.15) is 0 Å². The zero-order valence-electron chi connectivity index (χ0n) is 29.3. The minimum Gasteiger partial charge on any atom is -0.309 e. The Hall–Kier alpha value is -6.64. The van der Waals surface area contributed by atoms with Crippen LogP contribution >= 0.6 is 0 Å². The van der Waals surface area contributed by atoms with Crippen LogP contribution in [0.2, 0.25) is 0 Å². The van der Waals surface area contributed by atoms with E-state index in [9.17, 15) is 0 Å². The molecule has 0 radical (unpaired) electrons. The fraction of sp³-hybridized carbons (Fsp3) is 0.0588. The Morgan fingerprint density at radius 1 is 0.302 bits per heavy atom. The number of para-hydroxylation sites is 4. The lowest BCUT2D eigenvalue weighted by atomic mass is 9.64. The first-order valence-electron chi connectivity index (χ1n) is 18.7. The van der Waals surface area contributed by atoms with Crippen LogP contribution in [0, 0.1) is 0 Å². The quantitative estimate of drug-likeness (QED) is 0.176. The molecular weight excluding hydrogens is 641 g/mol. The van der Waals surface area contributed by atoms with Gasteiger partial charge in [0.05, 0.1) is 27.5 Å². The molecule has 0 amide bonds. The third-order valence-corrected chi connectivity index (χ3v) is 11.8. The molecule has 53 heavy (non-hydrogen) atoms. The lowest BCUT2D eigenvalue weighted by Gasteiger charge is -2.38. The van der Waals surface area contributed by atoms with Crippen LogP contribution < -0.4 is 0 Å². The van der Waals surface area contributed by atoms with Crippen LogP contribution in [-0.4, -0.2) is 9.13 Å². The number of aromatic nitrogens is 2. The van der Waals surface area contributed by atoms with Crippen molar-refractivity contribution in [3.63, 3.8) is 0 Å². The molecule has 0 spiro atoms. The van der Waals surface area contributed by atoms with Crippen LogP contribution in [0.3, 0.4) is 0 Å². The zero-order valence-corrected chi connectivity index (χ0v) is 29.3. The summed E-state index contributed by atoms with van der Waals surface area (Å²) in [5.41, 5.74) is 14.8. The molecule has 0 N–H and O–H groups in total. The van der Waals surface area contributed by atoms with Gasteiger partial charge in [0.15, 0.2) is 0 Å². The smallest absolute Gasteiger partial charge is 0.0706 e. The second-order valence-electron chi connectivity index (χ2n) is 14.4. The summed E-state index contributed by atoms with van der Waals surface area (Å²) in [6.45, 7) is 0. The zero-order chi connectivity index (χ0) is 34.9. The van der Waals surface area contributed by atoms with Crippen LogP contribution in [0.4, 0.5) is 0 Å². The van der Waals surface area contributed by atoms with Crippen molar-refractivity contribution < 1.29 is 0 Å². The Kier molecular flexibility index (Phi) is 6.63. The summed E-state index contributed by atoms with van der Waals surface area (Å²) in [5, 5.41) is 5.11. The van der Waals surface area contributed by atoms with Crippen molar-refractivity contribution in [2.45, 2.75) is 18.3 Å². The molecule has 8 aromatic carbocycles. The molecular formula is C51H36N2. The SMILES string of the molecule is c1ccc2c(c1)CCc1ccccc1C2(c1ccc(-n2c3ccccc3c3ccccc32)cc1)c1ccc(-n2c3ccccc3c3ccccc32)cc1. The van der Waals surface area contributed by atoms with Crippen molar-refractivity contribution in [3.8, 4) is 11.4 Å². The van der Waals surface area contributed by atoms with Gasteiger partial charge in [-0.1, -0.05) is 146 Å². The van der Waals surface area contributed by atoms with E-state index in [0.29, 0.717) is 0 Å². The number of rotatable bonds is 4. The number of aryl methyl sites for hydroxylation is 2. The normalized spacial score (nSPS) is 13.7. The molecule has 0 fully saturated rings. The molecule has 2 nitrogen and oxygen atoms in total. The number of hydrogen-bond donors (Lipinski definition) is 0. The maximum Gasteiger partial charge on any atom is 0.0706 e. The van der Waals surface area contributed by atoms with Crippen LogP contribution in [0.25, 0.3) is 55.0 Å². The molecule has 0 aliphatic heterocycles. The van der Waals surface area contributed by atoms with Gasteiger partial charge in [-0.25, -0.2) is 0 Å². The minimum absolute atomic E-state index is 0.512. The summed E-state index contributed by atoms with van der Waals surface area (Å²) in [7, 11) is 0. The second-order valence-corrected chi connectivity index (χ2v) is 14.4. The highest BCUT2D eigenvalue weighted by molar-refractivity contribution is 6.10. The molecule has 0 unspecified atom stereocenters. The summed E-state index contributed by atoms with van der Waals surface area (Å²) >= 11 is 0. The first-order chi connectivity index (χ1) is 26.3. The summed E-state index contributed by atoms with van der Waals surface area (Å²) in [6, 6.07) is 72.2. The molecule has 1 aliphatic rings. The highest BCUT2D eigenvalue weighted by Gasteiger charge is 2.42. The lowest BCUT2D eigenvalue weighted by Crippen LogP contribution is -2.32. The summed E-state index contributed by atoms with van der Waals surface area (Å²) in [4.78, 5) is 0. The van der Waals surface area contributed by atoms with Gasteiger partial charge in [0.25, 0.3) is 0 Å². The van der Waals surface area contributed by atoms with Crippen LogP contribution in [0.1, 0.15) is 33.4 Å². The Morgan fingerprint density at radius 3 is 0.962 bits per heavy atom. The predicted molar refractivity (Wildman–Crippen MR) is 221 cm³/mol. The van der Waals surface area contributed by atoms with Crippen LogP contribution in [0.5, 0.6) is 0 Å². The van der Waals surface area contributed by atoms with E-state index in [1.165, 1.54) is 88.4 Å². The molecule has 1 aliphatic carbocycles. The van der Waals surface area contributed by atoms with Crippen molar-refractivity contribution in [1.82, 2.24) is 9.13 Å². The fourth-order valence-electron chi connectivity index (χ4n) is 9.53. The predicted octanol–water partition coefficient (Wildman–Crippen LogP) is 12.4. The molecule has 0 saturated heterocycles. The monoisotopic (exact) mass is 676 g/mol. The standard InChI is InChI=1S/C51H36N2/c1-7-19-45-35(13-1)25-26-36-14-2-8-20-46(36)51(45,37-27-31-39(32-28-37)52-47-21-9-3-15-41(47)42-16-4-10-22-48(42)52)38-29-33-40(34-30-38)53-49-23-11-5-17-43(49)44-18-6-12-24-50(44)53/h1-24,27-34H,25-26H2. The molecule has 0 bridgehead atoms. The number of fused-ring (bicyclic) bond motifs is 8. The van der Waals surface area contributed by atoms with Gasteiger partial charge in [0.2, 0.25) is 0 Å². The van der Waals surface area contributed by atoms with Gasteiger partial charge in [0.1, 0.15) is 0 Å². The van der Waals surface area contributed by atoms with Gasteiger partial charge < -0.3 is 9.13 Å². The first-order valence-corrected chi connectivity index (χ1v) is 18.7. The van der Waals surface area contributed by atoms with Gasteiger partial charge in [-0.3, -0.25) is 0 Å². The Balaban J connectivity index is 1.16. The van der Waals surface area contributed by atoms with Crippen molar-refractivity contribution >= 4 is 43.6 Å². The van der Waals surface area contributed by atoms with Crippen LogP contribution in [0.15, 0.2) is 194 Å². The highest BCUT2D eigenvalue weighted by Crippen LogP contribution is 2.50. The Morgan fingerprint density at radius 2 is 0.604 bits per heavy atom. The van der Waals surface area contributed by atoms with E-state index in [0.717, 1.165) is 12.8 Å². The molecule has 10 aromatic rings. The molecule has 250 valence electrons. The average Bonchev–Trinajstić information content (AvgIpc) is 3.69. The maximum atomic E-state index is 2.41. The van der Waals surface area contributed by atoms with Crippen molar-refractivity contribution in [3.05, 3.63) is 228 Å². The molecule has 0 saturated carbocycles. The lowest BCUT2D eigenvalue weighted by molar-refractivity contribution is 0.738. The Bertz CT molecular complexity index is 2680. The minimum atomic E-state index is -0.512. The van der Waals surface area contributed by atoms with Gasteiger partial charge in [0, 0.05) is 32.9 Å². The van der Waals surface area contributed by atoms with E-state index in [1.54, 1.807) is 0 Å². The number of hydrogen-bond acceptors (Lipinski definition) is 0. The van der Waals surface area contributed by atoms with Crippen molar-refractivity contribution in [1.29, 1.82) is 0 Å².